The lowest BCUT2D eigenvalue weighted by atomic mass is 10.1. The zero-order chi connectivity index (χ0) is 41.1. The Morgan fingerprint density at radius 1 is 0.574 bits per heavy atom. The molecular formula is C30H45N9O15. The van der Waals surface area contributed by atoms with Gasteiger partial charge in [-0.05, 0) is 33.4 Å². The molecule has 0 bridgehead atoms. The van der Waals surface area contributed by atoms with Gasteiger partial charge >= 0.3 is 23.9 Å². The maximum absolute atomic E-state index is 13.6. The highest BCUT2D eigenvalue weighted by molar-refractivity contribution is 6.15. The first-order valence-electron chi connectivity index (χ1n) is 16.3. The van der Waals surface area contributed by atoms with E-state index in [1.807, 2.05) is 0 Å². The van der Waals surface area contributed by atoms with Crippen molar-refractivity contribution in [2.75, 3.05) is 33.7 Å². The fraction of sp³-hybridized carbons (Fsp3) is 0.567. The minimum atomic E-state index is -1.77. The van der Waals surface area contributed by atoms with E-state index in [0.717, 1.165) is 12.2 Å². The molecule has 300 valence electrons. The lowest BCUT2D eigenvalue weighted by Crippen LogP contribution is -2.61. The first-order valence-corrected chi connectivity index (χ1v) is 16.3. The third-order valence-electron chi connectivity index (χ3n) is 7.79. The van der Waals surface area contributed by atoms with Crippen LogP contribution in [0.3, 0.4) is 0 Å². The van der Waals surface area contributed by atoms with Gasteiger partial charge in [0.05, 0.1) is 12.1 Å². The fourth-order valence-corrected chi connectivity index (χ4v) is 4.81. The summed E-state index contributed by atoms with van der Waals surface area (Å²) >= 11 is 0. The van der Waals surface area contributed by atoms with Crippen LogP contribution >= 0.6 is 0 Å². The molecule has 54 heavy (non-hydrogen) atoms. The van der Waals surface area contributed by atoms with Crippen molar-refractivity contribution in [2.45, 2.75) is 74.8 Å². The van der Waals surface area contributed by atoms with Crippen molar-refractivity contribution in [1.82, 2.24) is 42.1 Å². The van der Waals surface area contributed by atoms with Gasteiger partial charge in [0.15, 0.2) is 0 Å². The second-order valence-corrected chi connectivity index (χ2v) is 11.6. The van der Waals surface area contributed by atoms with Gasteiger partial charge in [0, 0.05) is 51.0 Å². The smallest absolute Gasteiger partial charge is 0.328 e. The minimum absolute atomic E-state index is 0.203. The topological polar surface area (TPSA) is 382 Å². The lowest BCUT2D eigenvalue weighted by molar-refractivity contribution is -0.145. The summed E-state index contributed by atoms with van der Waals surface area (Å²) in [7, 11) is 2.65. The van der Waals surface area contributed by atoms with Crippen LogP contribution < -0.4 is 43.0 Å². The summed E-state index contributed by atoms with van der Waals surface area (Å²) in [6.07, 6.45) is -0.834. The molecule has 13 N–H and O–H groups in total. The van der Waals surface area contributed by atoms with E-state index < -0.39 is 147 Å². The second kappa shape index (κ2) is 22.8. The van der Waals surface area contributed by atoms with E-state index in [4.69, 9.17) is 15.9 Å². The number of carbonyl (C=O) groups is 11. The molecule has 6 atom stereocenters. The van der Waals surface area contributed by atoms with E-state index >= 15 is 0 Å². The van der Waals surface area contributed by atoms with Gasteiger partial charge in [0.1, 0.15) is 24.2 Å². The Hall–Kier alpha value is -6.01. The van der Waals surface area contributed by atoms with Crippen LogP contribution in [0.5, 0.6) is 0 Å². The second-order valence-electron chi connectivity index (χ2n) is 11.6. The van der Waals surface area contributed by atoms with E-state index in [1.54, 1.807) is 0 Å². The number of carboxylic acids is 4. The van der Waals surface area contributed by atoms with Crippen LogP contribution in [0.15, 0.2) is 12.2 Å². The van der Waals surface area contributed by atoms with Crippen molar-refractivity contribution < 1.29 is 73.2 Å². The predicted molar refractivity (Wildman–Crippen MR) is 180 cm³/mol. The minimum Gasteiger partial charge on any atom is -0.481 e. The molecule has 0 saturated heterocycles. The zero-order valence-electron chi connectivity index (χ0n) is 29.3. The zero-order valence-corrected chi connectivity index (χ0v) is 29.3. The SMILES string of the molecule is CN[C@@H](CCC(=O)O)C(=O)NC(CNC(=O)C(CCC(=O)O)NC(=O)C(CNC(=O)[C@H](CN)N1C(=O)C=CC1=O)NC(=O)[C@H](CCC(=O)O)NC)C(=O)O. The van der Waals surface area contributed by atoms with Crippen LogP contribution in [-0.2, 0) is 52.7 Å². The number of nitrogens with zero attached hydrogens (tertiary/aromatic N) is 1. The van der Waals surface area contributed by atoms with Crippen molar-refractivity contribution in [1.29, 1.82) is 0 Å². The molecule has 0 saturated carbocycles. The van der Waals surface area contributed by atoms with Gasteiger partial charge in [0.2, 0.25) is 29.5 Å². The Morgan fingerprint density at radius 3 is 1.35 bits per heavy atom. The van der Waals surface area contributed by atoms with Crippen LogP contribution in [0.4, 0.5) is 0 Å². The third-order valence-corrected chi connectivity index (χ3v) is 7.79. The fourth-order valence-electron chi connectivity index (χ4n) is 4.81. The number of amides is 7. The average Bonchev–Trinajstić information content (AvgIpc) is 3.43. The highest BCUT2D eigenvalue weighted by atomic mass is 16.4. The number of nitrogens with two attached hydrogens (primary N) is 1. The molecule has 0 aromatic rings. The lowest BCUT2D eigenvalue weighted by Gasteiger charge is -2.27. The molecule has 0 fully saturated rings. The Kier molecular flexibility index (Phi) is 19.4. The molecule has 1 aliphatic heterocycles. The van der Waals surface area contributed by atoms with Crippen molar-refractivity contribution in [3.8, 4) is 0 Å². The molecule has 1 heterocycles. The van der Waals surface area contributed by atoms with Crippen LogP contribution in [0, 0.1) is 0 Å². The molecule has 1 aliphatic rings. The number of nitrogens with one attached hydrogen (secondary N) is 7. The first-order chi connectivity index (χ1) is 25.4. The molecule has 0 aromatic carbocycles. The van der Waals surface area contributed by atoms with Crippen LogP contribution in [0.1, 0.15) is 38.5 Å². The monoisotopic (exact) mass is 771 g/mol. The summed E-state index contributed by atoms with van der Waals surface area (Å²) in [4.78, 5) is 135. The number of likely N-dealkylation sites (N-methyl/N-ethyl adjacent to an activating group) is 2. The van der Waals surface area contributed by atoms with E-state index in [1.165, 1.54) is 14.1 Å². The summed E-state index contributed by atoms with van der Waals surface area (Å²) in [5.41, 5.74) is 5.62. The Morgan fingerprint density at radius 2 is 0.944 bits per heavy atom. The van der Waals surface area contributed by atoms with Crippen molar-refractivity contribution >= 4 is 65.2 Å². The number of carbonyl (C=O) groups excluding carboxylic acids is 7. The van der Waals surface area contributed by atoms with Crippen molar-refractivity contribution in [2.24, 2.45) is 5.73 Å². The molecule has 24 nitrogen and oxygen atoms in total. The Balaban J connectivity index is 3.26. The van der Waals surface area contributed by atoms with Gasteiger partial charge < -0.3 is 63.4 Å². The van der Waals surface area contributed by atoms with E-state index in [0.29, 0.717) is 4.90 Å². The van der Waals surface area contributed by atoms with Gasteiger partial charge in [-0.2, -0.15) is 0 Å². The molecule has 1 rings (SSSR count). The van der Waals surface area contributed by atoms with E-state index in [2.05, 4.69) is 37.2 Å². The molecule has 0 aromatic heterocycles. The number of hydrogen-bond donors (Lipinski definition) is 12. The number of carboxylic acid groups (broad SMARTS) is 4. The molecular weight excluding hydrogens is 726 g/mol. The molecule has 0 spiro atoms. The third kappa shape index (κ3) is 15.3. The predicted octanol–water partition coefficient (Wildman–Crippen LogP) is -6.22. The first kappa shape index (κ1) is 46.0. The highest BCUT2D eigenvalue weighted by Crippen LogP contribution is 2.09. The summed E-state index contributed by atoms with van der Waals surface area (Å²) < 4.78 is 0. The standard InChI is InChI=1S/C30H45N9O15/c1-32-14(3-8-22(42)43)26(49)37-17(12-35-29(52)19(11-31)39-20(40)6-7-21(39)41)28(51)36-16(5-10-24(46)47)25(48)34-13-18(30(53)54)38-27(50)15(33-2)4-9-23(44)45/h6-7,14-19,32-33H,3-5,8-13,31H2,1-2H3,(H,34,48)(H,35,52)(H,36,51)(H,37,49)(H,38,50)(H,42,43)(H,44,45)(H,46,47)(H,53,54)/t14-,15-,16?,17?,18?,19-/m0/s1. The average molecular weight is 772 g/mol. The molecule has 0 radical (unpaired) electrons. The van der Waals surface area contributed by atoms with Crippen molar-refractivity contribution in [3.05, 3.63) is 12.2 Å². The quantitative estimate of drug-likeness (QED) is 0.0364. The summed E-state index contributed by atoms with van der Waals surface area (Å²) in [5, 5.41) is 53.0. The van der Waals surface area contributed by atoms with Gasteiger partial charge in [-0.1, -0.05) is 0 Å². The van der Waals surface area contributed by atoms with Gasteiger partial charge in [-0.15, -0.1) is 0 Å². The number of aliphatic carboxylic acids is 4. The van der Waals surface area contributed by atoms with E-state index in [9.17, 15) is 63.0 Å². The summed E-state index contributed by atoms with van der Waals surface area (Å²) in [5.74, 6) is -12.4. The molecule has 24 heteroatoms. The highest BCUT2D eigenvalue weighted by Gasteiger charge is 2.36. The molecule has 0 aliphatic carbocycles. The maximum atomic E-state index is 13.6. The van der Waals surface area contributed by atoms with E-state index in [-0.39, 0.29) is 12.8 Å². The van der Waals surface area contributed by atoms with Gasteiger partial charge in [-0.25, -0.2) is 4.79 Å². The van der Waals surface area contributed by atoms with Crippen molar-refractivity contribution in [3.63, 3.8) is 0 Å². The largest absolute Gasteiger partial charge is 0.481 e. The number of rotatable bonds is 26. The maximum Gasteiger partial charge on any atom is 0.328 e. The molecule has 7 amide bonds. The normalized spacial score (nSPS) is 15.5. The Bertz CT molecular complexity index is 1470. The molecule has 3 unspecified atom stereocenters. The van der Waals surface area contributed by atoms with Crippen LogP contribution in [-0.4, -0.2) is 161 Å². The Labute approximate surface area is 307 Å². The van der Waals surface area contributed by atoms with Gasteiger partial charge in [0.25, 0.3) is 11.8 Å². The van der Waals surface area contributed by atoms with Crippen LogP contribution in [0.2, 0.25) is 0 Å². The van der Waals surface area contributed by atoms with Crippen LogP contribution in [0.25, 0.3) is 0 Å². The number of imide groups is 1. The summed E-state index contributed by atoms with van der Waals surface area (Å²) in [6, 6.07) is -9.10. The summed E-state index contributed by atoms with van der Waals surface area (Å²) in [6.45, 7) is -2.10. The van der Waals surface area contributed by atoms with Gasteiger partial charge in [-0.3, -0.25) is 52.8 Å². The number of hydrogen-bond acceptors (Lipinski definition) is 14.